The Morgan fingerprint density at radius 3 is 2.95 bits per heavy atom. The first-order valence-electron chi connectivity index (χ1n) is 6.45. The number of rotatable bonds is 1. The summed E-state index contributed by atoms with van der Waals surface area (Å²) in [7, 11) is 0. The minimum atomic E-state index is -1.06. The van der Waals surface area contributed by atoms with Crippen LogP contribution in [0.3, 0.4) is 0 Å². The van der Waals surface area contributed by atoms with E-state index < -0.39 is 5.72 Å². The molecule has 3 rings (SSSR count). The van der Waals surface area contributed by atoms with Crippen molar-refractivity contribution in [1.29, 1.82) is 5.26 Å². The highest BCUT2D eigenvalue weighted by Gasteiger charge is 2.45. The molecule has 2 aliphatic heterocycles. The zero-order valence-electron chi connectivity index (χ0n) is 11.4. The summed E-state index contributed by atoms with van der Waals surface area (Å²) in [5.41, 5.74) is 7.03. The van der Waals surface area contributed by atoms with Crippen molar-refractivity contribution in [2.45, 2.75) is 26.0 Å². The van der Waals surface area contributed by atoms with Gasteiger partial charge in [-0.25, -0.2) is 0 Å². The molecule has 0 bridgehead atoms. The molecule has 2 aliphatic rings. The quantitative estimate of drug-likeness (QED) is 0.818. The van der Waals surface area contributed by atoms with Crippen LogP contribution in [0.4, 0.5) is 5.69 Å². The number of aryl methyl sites for hydroxylation is 1. The molecule has 102 valence electrons. The first kappa shape index (κ1) is 12.4. The fraction of sp³-hybridized carbons (Fsp3) is 0.267. The van der Waals surface area contributed by atoms with E-state index in [0.29, 0.717) is 11.5 Å². The number of fused-ring (bicyclic) bond motifs is 1. The smallest absolute Gasteiger partial charge is 0.245 e. The highest BCUT2D eigenvalue weighted by Crippen LogP contribution is 2.43. The van der Waals surface area contributed by atoms with E-state index in [4.69, 9.17) is 15.2 Å². The maximum Gasteiger partial charge on any atom is 0.245 e. The van der Waals surface area contributed by atoms with E-state index >= 15 is 0 Å². The molecule has 3 N–H and O–H groups in total. The number of allylic oxidation sites excluding steroid dienone is 1. The third kappa shape index (κ3) is 1.69. The van der Waals surface area contributed by atoms with Crippen LogP contribution in [0.2, 0.25) is 0 Å². The third-order valence-corrected chi connectivity index (χ3v) is 3.45. The Labute approximate surface area is 117 Å². The second kappa shape index (κ2) is 4.20. The van der Waals surface area contributed by atoms with Crippen molar-refractivity contribution in [2.24, 2.45) is 5.73 Å². The Bertz CT molecular complexity index is 685. The van der Waals surface area contributed by atoms with Crippen molar-refractivity contribution in [2.75, 3.05) is 5.32 Å². The lowest BCUT2D eigenvalue weighted by molar-refractivity contribution is 0.175. The number of anilines is 1. The van der Waals surface area contributed by atoms with Gasteiger partial charge in [0.15, 0.2) is 5.57 Å². The zero-order valence-corrected chi connectivity index (χ0v) is 11.4. The van der Waals surface area contributed by atoms with Crippen LogP contribution in [0, 0.1) is 11.3 Å². The van der Waals surface area contributed by atoms with Crippen molar-refractivity contribution in [3.05, 3.63) is 47.1 Å². The summed E-state index contributed by atoms with van der Waals surface area (Å²) in [5.74, 6) is 1.37. The molecule has 5 heteroatoms. The van der Waals surface area contributed by atoms with Crippen molar-refractivity contribution < 1.29 is 9.47 Å². The molecule has 2 heterocycles. The molecule has 1 aromatic carbocycles. The molecular formula is C15H15N3O2. The summed E-state index contributed by atoms with van der Waals surface area (Å²) in [6.45, 7) is 3.86. The summed E-state index contributed by atoms with van der Waals surface area (Å²) < 4.78 is 11.2. The topological polar surface area (TPSA) is 80.3 Å². The van der Waals surface area contributed by atoms with Gasteiger partial charge in [-0.05, 0) is 31.0 Å². The second-order valence-electron chi connectivity index (χ2n) is 4.85. The second-order valence-corrected chi connectivity index (χ2v) is 4.85. The fourth-order valence-electron chi connectivity index (χ4n) is 2.50. The van der Waals surface area contributed by atoms with Gasteiger partial charge in [0.25, 0.3) is 0 Å². The number of nitrogens with zero attached hydrogens (tertiary/aromatic N) is 1. The van der Waals surface area contributed by atoms with Crippen molar-refractivity contribution >= 4 is 5.69 Å². The SMILES string of the molecule is CCc1ccc2c(c1)NC1(C=C(C)OC(N)=C1C#N)O2. The van der Waals surface area contributed by atoms with E-state index in [9.17, 15) is 5.26 Å². The van der Waals surface area contributed by atoms with Crippen LogP contribution in [-0.4, -0.2) is 5.72 Å². The van der Waals surface area contributed by atoms with E-state index in [-0.39, 0.29) is 11.5 Å². The summed E-state index contributed by atoms with van der Waals surface area (Å²) >= 11 is 0. The van der Waals surface area contributed by atoms with E-state index in [1.54, 1.807) is 13.0 Å². The number of hydrogen-bond donors (Lipinski definition) is 2. The summed E-state index contributed by atoms with van der Waals surface area (Å²) in [6.07, 6.45) is 2.66. The van der Waals surface area contributed by atoms with E-state index in [1.807, 2.05) is 18.2 Å². The Kier molecular flexibility index (Phi) is 2.61. The van der Waals surface area contributed by atoms with Crippen LogP contribution in [0.5, 0.6) is 5.75 Å². The maximum absolute atomic E-state index is 9.34. The monoisotopic (exact) mass is 269 g/mol. The summed E-state index contributed by atoms with van der Waals surface area (Å²) in [5, 5.41) is 12.6. The molecular weight excluding hydrogens is 254 g/mol. The van der Waals surface area contributed by atoms with Gasteiger partial charge in [0.2, 0.25) is 11.6 Å². The Morgan fingerprint density at radius 2 is 2.25 bits per heavy atom. The molecule has 0 aromatic heterocycles. The molecule has 0 aliphatic carbocycles. The van der Waals surface area contributed by atoms with Gasteiger partial charge in [0, 0.05) is 6.08 Å². The Hall–Kier alpha value is -2.61. The first-order chi connectivity index (χ1) is 9.58. The predicted molar refractivity (Wildman–Crippen MR) is 74.5 cm³/mol. The Balaban J connectivity index is 2.08. The highest BCUT2D eigenvalue weighted by molar-refractivity contribution is 5.68. The third-order valence-electron chi connectivity index (χ3n) is 3.45. The first-order valence-corrected chi connectivity index (χ1v) is 6.45. The highest BCUT2D eigenvalue weighted by atomic mass is 16.5. The van der Waals surface area contributed by atoms with Crippen molar-refractivity contribution in [3.8, 4) is 11.8 Å². The maximum atomic E-state index is 9.34. The molecule has 0 saturated carbocycles. The van der Waals surface area contributed by atoms with E-state index in [0.717, 1.165) is 12.1 Å². The van der Waals surface area contributed by atoms with Crippen LogP contribution in [0.25, 0.3) is 0 Å². The largest absolute Gasteiger partial charge is 0.457 e. The molecule has 1 aromatic rings. The van der Waals surface area contributed by atoms with Gasteiger partial charge in [0.1, 0.15) is 17.6 Å². The van der Waals surface area contributed by atoms with E-state index in [1.165, 1.54) is 5.56 Å². The molecule has 1 unspecified atom stereocenters. The van der Waals surface area contributed by atoms with Gasteiger partial charge in [0.05, 0.1) is 5.69 Å². The molecule has 0 radical (unpaired) electrons. The minimum Gasteiger partial charge on any atom is -0.457 e. The number of nitrogens with one attached hydrogen (secondary N) is 1. The minimum absolute atomic E-state index is 0.0727. The van der Waals surface area contributed by atoms with Crippen LogP contribution >= 0.6 is 0 Å². The average molecular weight is 269 g/mol. The normalized spacial score (nSPS) is 23.4. The lowest BCUT2D eigenvalue weighted by Crippen LogP contribution is -2.44. The van der Waals surface area contributed by atoms with E-state index in [2.05, 4.69) is 18.3 Å². The van der Waals surface area contributed by atoms with Gasteiger partial charge in [-0.2, -0.15) is 5.26 Å². The van der Waals surface area contributed by atoms with Crippen LogP contribution in [0.1, 0.15) is 19.4 Å². The number of hydrogen-bond acceptors (Lipinski definition) is 5. The number of ether oxygens (including phenoxy) is 2. The van der Waals surface area contributed by atoms with Gasteiger partial charge in [-0.1, -0.05) is 13.0 Å². The van der Waals surface area contributed by atoms with Crippen LogP contribution < -0.4 is 15.8 Å². The van der Waals surface area contributed by atoms with Crippen LogP contribution in [0.15, 0.2) is 41.5 Å². The lowest BCUT2D eigenvalue weighted by Gasteiger charge is -2.30. The van der Waals surface area contributed by atoms with Gasteiger partial charge >= 0.3 is 0 Å². The molecule has 0 amide bonds. The molecule has 5 nitrogen and oxygen atoms in total. The zero-order chi connectivity index (χ0) is 14.3. The fourth-order valence-corrected chi connectivity index (χ4v) is 2.50. The van der Waals surface area contributed by atoms with Crippen LogP contribution in [-0.2, 0) is 11.2 Å². The summed E-state index contributed by atoms with van der Waals surface area (Å²) in [4.78, 5) is 0. The van der Waals surface area contributed by atoms with Gasteiger partial charge in [-0.15, -0.1) is 0 Å². The van der Waals surface area contributed by atoms with Crippen molar-refractivity contribution in [1.82, 2.24) is 0 Å². The number of nitriles is 1. The molecule has 20 heavy (non-hydrogen) atoms. The summed E-state index contributed by atoms with van der Waals surface area (Å²) in [6, 6.07) is 8.00. The standard InChI is InChI=1S/C15H15N3O2/c1-3-10-4-5-13-12(6-10)18-15(20-13)7-9(2)19-14(17)11(15)8-16/h4-7,18H,3,17H2,1-2H3. The van der Waals surface area contributed by atoms with Crippen molar-refractivity contribution in [3.63, 3.8) is 0 Å². The van der Waals surface area contributed by atoms with Gasteiger partial charge < -0.3 is 20.5 Å². The Morgan fingerprint density at radius 1 is 1.45 bits per heavy atom. The average Bonchev–Trinajstić information content (AvgIpc) is 2.74. The molecule has 0 fully saturated rings. The lowest BCUT2D eigenvalue weighted by atomic mass is 10.0. The molecule has 1 spiro atoms. The number of benzene rings is 1. The number of nitrogens with two attached hydrogens (primary N) is 1. The molecule has 0 saturated heterocycles. The molecule has 1 atom stereocenters. The predicted octanol–water partition coefficient (Wildman–Crippen LogP) is 2.38. The van der Waals surface area contributed by atoms with Gasteiger partial charge in [-0.3, -0.25) is 0 Å².